The molecule has 0 saturated carbocycles. The molecule has 1 heterocycles. The number of carbonyl (C=O) groups is 1. The number of amides is 1. The third kappa shape index (κ3) is 5.64. The lowest BCUT2D eigenvalue weighted by Crippen LogP contribution is -2.41. The molecule has 1 aliphatic heterocycles. The van der Waals surface area contributed by atoms with Gasteiger partial charge in [-0.3, -0.25) is 9.10 Å². The van der Waals surface area contributed by atoms with Gasteiger partial charge in [0.25, 0.3) is 10.0 Å². The van der Waals surface area contributed by atoms with Crippen molar-refractivity contribution in [1.82, 2.24) is 5.32 Å². The number of hydrogen-bond acceptors (Lipinski definition) is 5. The molecule has 3 aromatic rings. The molecule has 0 atom stereocenters. The maximum Gasteiger partial charge on any atom is 0.264 e. The van der Waals surface area contributed by atoms with Gasteiger partial charge in [0.15, 0.2) is 11.5 Å². The third-order valence-electron chi connectivity index (χ3n) is 5.24. The molecule has 1 amide bonds. The van der Waals surface area contributed by atoms with E-state index >= 15 is 0 Å². The predicted octanol–water partition coefficient (Wildman–Crippen LogP) is 3.40. The zero-order valence-electron chi connectivity index (χ0n) is 18.1. The van der Waals surface area contributed by atoms with Gasteiger partial charge in [-0.1, -0.05) is 48.5 Å². The van der Waals surface area contributed by atoms with Crippen molar-refractivity contribution in [3.63, 3.8) is 0 Å². The average Bonchev–Trinajstić information content (AvgIpc) is 2.86. The van der Waals surface area contributed by atoms with E-state index in [1.54, 1.807) is 36.4 Å². The fourth-order valence-electron chi connectivity index (χ4n) is 3.57. The van der Waals surface area contributed by atoms with Gasteiger partial charge in [-0.15, -0.1) is 0 Å². The number of nitrogens with zero attached hydrogens (tertiary/aromatic N) is 1. The van der Waals surface area contributed by atoms with Crippen LogP contribution < -0.4 is 19.1 Å². The molecule has 8 heteroatoms. The van der Waals surface area contributed by atoms with E-state index in [0.29, 0.717) is 36.9 Å². The highest BCUT2D eigenvalue weighted by molar-refractivity contribution is 7.92. The van der Waals surface area contributed by atoms with Gasteiger partial charge in [0.05, 0.1) is 10.6 Å². The van der Waals surface area contributed by atoms with Gasteiger partial charge in [-0.25, -0.2) is 8.42 Å². The van der Waals surface area contributed by atoms with Crippen LogP contribution in [0.25, 0.3) is 0 Å². The van der Waals surface area contributed by atoms with Crippen molar-refractivity contribution in [2.75, 3.05) is 30.6 Å². The second-order valence-corrected chi connectivity index (χ2v) is 9.45. The van der Waals surface area contributed by atoms with Gasteiger partial charge < -0.3 is 14.8 Å². The highest BCUT2D eigenvalue weighted by atomic mass is 32.2. The van der Waals surface area contributed by atoms with Crippen molar-refractivity contribution < 1.29 is 22.7 Å². The van der Waals surface area contributed by atoms with Crippen LogP contribution in [0.2, 0.25) is 0 Å². The largest absolute Gasteiger partial charge is 0.486 e. The Morgan fingerprint density at radius 3 is 2.27 bits per heavy atom. The first-order chi connectivity index (χ1) is 16.0. The van der Waals surface area contributed by atoms with E-state index in [0.717, 1.165) is 17.1 Å². The van der Waals surface area contributed by atoms with Crippen LogP contribution in [-0.2, 0) is 21.2 Å². The van der Waals surface area contributed by atoms with E-state index < -0.39 is 10.0 Å². The molecule has 0 spiro atoms. The summed E-state index contributed by atoms with van der Waals surface area (Å²) in [5.41, 5.74) is 1.53. The molecule has 0 aliphatic carbocycles. The third-order valence-corrected chi connectivity index (χ3v) is 7.03. The Hall–Kier alpha value is -3.52. The van der Waals surface area contributed by atoms with Crippen LogP contribution in [0.3, 0.4) is 0 Å². The fraction of sp³-hybridized carbons (Fsp3) is 0.240. The Kier molecular flexibility index (Phi) is 7.14. The zero-order chi connectivity index (χ0) is 23.1. The van der Waals surface area contributed by atoms with Gasteiger partial charge in [0, 0.05) is 12.6 Å². The fourth-order valence-corrected chi connectivity index (χ4v) is 5.01. The minimum absolute atomic E-state index is 0.108. The Morgan fingerprint density at radius 2 is 1.55 bits per heavy atom. The van der Waals surface area contributed by atoms with Crippen molar-refractivity contribution in [1.29, 1.82) is 0 Å². The van der Waals surface area contributed by atoms with Crippen molar-refractivity contribution in [2.45, 2.75) is 17.7 Å². The number of ether oxygens (including phenoxy) is 2. The summed E-state index contributed by atoms with van der Waals surface area (Å²) in [5, 5.41) is 2.84. The first-order valence-corrected chi connectivity index (χ1v) is 12.3. The highest BCUT2D eigenvalue weighted by Crippen LogP contribution is 2.35. The summed E-state index contributed by atoms with van der Waals surface area (Å²) in [5.74, 6) is 0.625. The number of hydrogen-bond donors (Lipinski definition) is 1. The van der Waals surface area contributed by atoms with E-state index in [9.17, 15) is 13.2 Å². The number of rotatable bonds is 9. The highest BCUT2D eigenvalue weighted by Gasteiger charge is 2.28. The molecule has 172 valence electrons. The maximum absolute atomic E-state index is 13.4. The number of nitrogens with one attached hydrogen (secondary N) is 1. The molecular weight excluding hydrogens is 440 g/mol. The molecule has 1 aliphatic rings. The van der Waals surface area contributed by atoms with Crippen molar-refractivity contribution in [2.24, 2.45) is 0 Å². The second kappa shape index (κ2) is 10.4. The molecule has 7 nitrogen and oxygen atoms in total. The molecule has 3 aromatic carbocycles. The summed E-state index contributed by atoms with van der Waals surface area (Å²) in [6, 6.07) is 22.9. The molecule has 1 N–H and O–H groups in total. The number of fused-ring (bicyclic) bond motifs is 1. The lowest BCUT2D eigenvalue weighted by atomic mass is 10.1. The molecule has 0 bridgehead atoms. The predicted molar refractivity (Wildman–Crippen MR) is 126 cm³/mol. The van der Waals surface area contributed by atoms with E-state index in [1.807, 2.05) is 30.3 Å². The van der Waals surface area contributed by atoms with Crippen LogP contribution >= 0.6 is 0 Å². The Labute approximate surface area is 194 Å². The molecule has 0 aromatic heterocycles. The quantitative estimate of drug-likeness (QED) is 0.489. The summed E-state index contributed by atoms with van der Waals surface area (Å²) >= 11 is 0. The SMILES string of the molecule is O=C(CN(c1ccc2c(c1)OCCO2)S(=O)(=O)c1ccccc1)NCCCc1ccccc1. The summed E-state index contributed by atoms with van der Waals surface area (Å²) in [6.07, 6.45) is 1.58. The second-order valence-electron chi connectivity index (χ2n) is 7.59. The zero-order valence-corrected chi connectivity index (χ0v) is 19.0. The maximum atomic E-state index is 13.4. The van der Waals surface area contributed by atoms with Crippen LogP contribution in [0.4, 0.5) is 5.69 Å². The average molecular weight is 467 g/mol. The van der Waals surface area contributed by atoms with Crippen LogP contribution in [0.15, 0.2) is 83.8 Å². The minimum Gasteiger partial charge on any atom is -0.486 e. The van der Waals surface area contributed by atoms with Gasteiger partial charge in [0.1, 0.15) is 19.8 Å². The number of benzene rings is 3. The number of sulfonamides is 1. The van der Waals surface area contributed by atoms with Gasteiger partial charge in [-0.05, 0) is 42.7 Å². The number of aryl methyl sites for hydroxylation is 1. The van der Waals surface area contributed by atoms with Crippen molar-refractivity contribution in [3.8, 4) is 11.5 Å². The summed E-state index contributed by atoms with van der Waals surface area (Å²) in [7, 11) is -3.97. The lowest BCUT2D eigenvalue weighted by molar-refractivity contribution is -0.119. The molecular formula is C25H26N2O5S. The normalized spacial score (nSPS) is 12.7. The molecule has 33 heavy (non-hydrogen) atoms. The number of anilines is 1. The topological polar surface area (TPSA) is 84.9 Å². The van der Waals surface area contributed by atoms with Gasteiger partial charge in [0.2, 0.25) is 5.91 Å². The summed E-state index contributed by atoms with van der Waals surface area (Å²) < 4.78 is 39.1. The van der Waals surface area contributed by atoms with Crippen LogP contribution in [0.5, 0.6) is 11.5 Å². The molecule has 0 saturated heterocycles. The first kappa shape index (κ1) is 22.7. The van der Waals surface area contributed by atoms with E-state index in [2.05, 4.69) is 5.32 Å². The Bertz CT molecular complexity index is 1180. The van der Waals surface area contributed by atoms with Crippen molar-refractivity contribution in [3.05, 3.63) is 84.4 Å². The minimum atomic E-state index is -3.97. The summed E-state index contributed by atoms with van der Waals surface area (Å²) in [4.78, 5) is 12.8. The van der Waals surface area contributed by atoms with Crippen molar-refractivity contribution >= 4 is 21.6 Å². The van der Waals surface area contributed by atoms with Crippen LogP contribution in [-0.4, -0.2) is 40.6 Å². The molecule has 0 radical (unpaired) electrons. The molecule has 4 rings (SSSR count). The van der Waals surface area contributed by atoms with E-state index in [1.165, 1.54) is 17.7 Å². The summed E-state index contributed by atoms with van der Waals surface area (Å²) in [6.45, 7) is 0.920. The molecule has 0 fully saturated rings. The van der Waals surface area contributed by atoms with Crippen LogP contribution in [0.1, 0.15) is 12.0 Å². The van der Waals surface area contributed by atoms with Gasteiger partial charge >= 0.3 is 0 Å². The first-order valence-electron chi connectivity index (χ1n) is 10.8. The smallest absolute Gasteiger partial charge is 0.264 e. The van der Waals surface area contributed by atoms with E-state index in [4.69, 9.17) is 9.47 Å². The standard InChI is InChI=1S/C25H26N2O5S/c28-25(26-15-7-10-20-8-3-1-4-9-20)19-27(33(29,30)22-11-5-2-6-12-22)21-13-14-23-24(18-21)32-17-16-31-23/h1-6,8-9,11-14,18H,7,10,15-17,19H2,(H,26,28). The Balaban J connectivity index is 1.50. The lowest BCUT2D eigenvalue weighted by Gasteiger charge is -2.26. The number of carbonyl (C=O) groups excluding carboxylic acids is 1. The van der Waals surface area contributed by atoms with E-state index in [-0.39, 0.29) is 17.3 Å². The van der Waals surface area contributed by atoms with Gasteiger partial charge in [-0.2, -0.15) is 0 Å². The molecule has 0 unspecified atom stereocenters. The van der Waals surface area contributed by atoms with Crippen LogP contribution in [0, 0.1) is 0 Å². The Morgan fingerprint density at radius 1 is 0.879 bits per heavy atom. The monoisotopic (exact) mass is 466 g/mol.